The van der Waals surface area contributed by atoms with Gasteiger partial charge in [0.2, 0.25) is 0 Å². The molecule has 12 heavy (non-hydrogen) atoms. The van der Waals surface area contributed by atoms with Crippen LogP contribution in [0.15, 0.2) is 0 Å². The van der Waals surface area contributed by atoms with Gasteiger partial charge >= 0.3 is 0 Å². The number of ether oxygens (including phenoxy) is 1. The Kier molecular flexibility index (Phi) is 8.88. The first kappa shape index (κ1) is 11.9. The fourth-order valence-corrected chi connectivity index (χ4v) is 0.939. The lowest BCUT2D eigenvalue weighted by Crippen LogP contribution is -2.22. The molecule has 3 heteroatoms. The summed E-state index contributed by atoms with van der Waals surface area (Å²) in [6.45, 7) is 3.69. The highest BCUT2D eigenvalue weighted by atomic mass is 16.5. The summed E-state index contributed by atoms with van der Waals surface area (Å²) in [5.74, 6) is 0. The summed E-state index contributed by atoms with van der Waals surface area (Å²) in [6.07, 6.45) is 4.22. The minimum atomic E-state index is 0.141. The molecule has 0 aromatic rings. The van der Waals surface area contributed by atoms with Crippen molar-refractivity contribution in [1.82, 2.24) is 0 Å². The molecule has 0 heterocycles. The fraction of sp³-hybridized carbons (Fsp3) is 1.00. The van der Waals surface area contributed by atoms with Crippen LogP contribution >= 0.6 is 0 Å². The Labute approximate surface area is 74.9 Å². The zero-order valence-corrected chi connectivity index (χ0v) is 7.96. The van der Waals surface area contributed by atoms with Crippen molar-refractivity contribution < 1.29 is 9.84 Å². The summed E-state index contributed by atoms with van der Waals surface area (Å²) in [6, 6.07) is 0.141. The Morgan fingerprint density at radius 3 is 2.50 bits per heavy atom. The molecule has 3 N–H and O–H groups in total. The monoisotopic (exact) mass is 175 g/mol. The van der Waals surface area contributed by atoms with Crippen LogP contribution in [0, 0.1) is 0 Å². The van der Waals surface area contributed by atoms with Crippen LogP contribution in [-0.4, -0.2) is 31.0 Å². The van der Waals surface area contributed by atoms with E-state index in [1.54, 1.807) is 0 Å². The van der Waals surface area contributed by atoms with Crippen LogP contribution in [0.5, 0.6) is 0 Å². The molecule has 0 rings (SSSR count). The zero-order valence-electron chi connectivity index (χ0n) is 7.96. The van der Waals surface area contributed by atoms with Crippen molar-refractivity contribution in [3.63, 3.8) is 0 Å². The highest BCUT2D eigenvalue weighted by Gasteiger charge is 1.93. The lowest BCUT2D eigenvalue weighted by Gasteiger charge is -2.06. The highest BCUT2D eigenvalue weighted by molar-refractivity contribution is 4.48. The molecule has 74 valence electrons. The second kappa shape index (κ2) is 8.97. The van der Waals surface area contributed by atoms with Gasteiger partial charge in [-0.1, -0.05) is 12.8 Å². The molecule has 0 spiro atoms. The lowest BCUT2D eigenvalue weighted by molar-refractivity contribution is 0.120. The van der Waals surface area contributed by atoms with Crippen molar-refractivity contribution in [3.05, 3.63) is 0 Å². The van der Waals surface area contributed by atoms with E-state index in [1.807, 2.05) is 6.92 Å². The topological polar surface area (TPSA) is 55.5 Å². The van der Waals surface area contributed by atoms with Gasteiger partial charge in [-0.3, -0.25) is 0 Å². The van der Waals surface area contributed by atoms with Crippen molar-refractivity contribution in [2.45, 2.75) is 38.6 Å². The van der Waals surface area contributed by atoms with Gasteiger partial charge in [-0.25, -0.2) is 0 Å². The van der Waals surface area contributed by atoms with E-state index >= 15 is 0 Å². The minimum absolute atomic E-state index is 0.141. The summed E-state index contributed by atoms with van der Waals surface area (Å²) < 4.78 is 5.29. The van der Waals surface area contributed by atoms with Crippen LogP contribution in [0.4, 0.5) is 0 Å². The second-order valence-corrected chi connectivity index (χ2v) is 3.19. The molecule has 0 fully saturated rings. The average molecular weight is 175 g/mol. The maximum absolute atomic E-state index is 8.49. The van der Waals surface area contributed by atoms with Gasteiger partial charge in [0.15, 0.2) is 0 Å². The van der Waals surface area contributed by atoms with E-state index in [2.05, 4.69) is 0 Å². The first-order valence-electron chi connectivity index (χ1n) is 4.71. The fourth-order valence-electron chi connectivity index (χ4n) is 0.939. The Hall–Kier alpha value is -0.120. The van der Waals surface area contributed by atoms with Gasteiger partial charge in [-0.15, -0.1) is 0 Å². The molecule has 1 atom stereocenters. The van der Waals surface area contributed by atoms with E-state index in [1.165, 1.54) is 0 Å². The van der Waals surface area contributed by atoms with Gasteiger partial charge in [0.1, 0.15) is 0 Å². The average Bonchev–Trinajstić information content (AvgIpc) is 2.02. The highest BCUT2D eigenvalue weighted by Crippen LogP contribution is 1.99. The molecule has 0 bridgehead atoms. The molecule has 0 amide bonds. The number of aliphatic hydroxyl groups excluding tert-OH is 1. The molecule has 0 saturated heterocycles. The van der Waals surface area contributed by atoms with E-state index in [0.29, 0.717) is 13.2 Å². The van der Waals surface area contributed by atoms with Crippen LogP contribution in [0.3, 0.4) is 0 Å². The Morgan fingerprint density at radius 2 is 1.92 bits per heavy atom. The number of unbranched alkanes of at least 4 members (excludes halogenated alkanes) is 3. The maximum Gasteiger partial charge on any atom is 0.0614 e. The minimum Gasteiger partial charge on any atom is -0.396 e. The number of rotatable bonds is 8. The lowest BCUT2D eigenvalue weighted by atomic mass is 10.2. The van der Waals surface area contributed by atoms with E-state index < -0.39 is 0 Å². The van der Waals surface area contributed by atoms with E-state index in [0.717, 1.165) is 32.3 Å². The van der Waals surface area contributed by atoms with E-state index in [9.17, 15) is 0 Å². The van der Waals surface area contributed by atoms with E-state index in [4.69, 9.17) is 15.6 Å². The largest absolute Gasteiger partial charge is 0.396 e. The third-order valence-electron chi connectivity index (χ3n) is 1.58. The summed E-state index contributed by atoms with van der Waals surface area (Å²) >= 11 is 0. The van der Waals surface area contributed by atoms with Crippen LogP contribution in [0.25, 0.3) is 0 Å². The van der Waals surface area contributed by atoms with Crippen LogP contribution < -0.4 is 5.73 Å². The van der Waals surface area contributed by atoms with Crippen molar-refractivity contribution in [1.29, 1.82) is 0 Å². The van der Waals surface area contributed by atoms with Gasteiger partial charge in [-0.05, 0) is 19.8 Å². The Bertz CT molecular complexity index is 86.6. The number of aliphatic hydroxyl groups is 1. The smallest absolute Gasteiger partial charge is 0.0614 e. The molecule has 0 radical (unpaired) electrons. The molecule has 0 aliphatic rings. The molecular formula is C9H21NO2. The number of nitrogens with two attached hydrogens (primary N) is 1. The van der Waals surface area contributed by atoms with Crippen molar-refractivity contribution in [2.75, 3.05) is 19.8 Å². The third kappa shape index (κ3) is 9.88. The summed E-state index contributed by atoms with van der Waals surface area (Å²) in [5, 5.41) is 8.49. The normalized spacial score (nSPS) is 13.2. The Balaban J connectivity index is 2.82. The molecular weight excluding hydrogens is 154 g/mol. The predicted molar refractivity (Wildman–Crippen MR) is 50.0 cm³/mol. The summed E-state index contributed by atoms with van der Waals surface area (Å²) in [4.78, 5) is 0. The zero-order chi connectivity index (χ0) is 9.23. The van der Waals surface area contributed by atoms with Crippen molar-refractivity contribution in [3.8, 4) is 0 Å². The summed E-state index contributed by atoms with van der Waals surface area (Å²) in [7, 11) is 0. The van der Waals surface area contributed by atoms with Crippen molar-refractivity contribution >= 4 is 0 Å². The molecule has 0 aliphatic carbocycles. The van der Waals surface area contributed by atoms with E-state index in [-0.39, 0.29) is 6.04 Å². The quantitative estimate of drug-likeness (QED) is 0.539. The molecule has 0 aliphatic heterocycles. The predicted octanol–water partition coefficient (Wildman–Crippen LogP) is 0.903. The second-order valence-electron chi connectivity index (χ2n) is 3.19. The van der Waals surface area contributed by atoms with Crippen LogP contribution in [0.2, 0.25) is 0 Å². The van der Waals surface area contributed by atoms with Gasteiger partial charge in [-0.2, -0.15) is 0 Å². The maximum atomic E-state index is 8.49. The first-order valence-corrected chi connectivity index (χ1v) is 4.71. The van der Waals surface area contributed by atoms with Gasteiger partial charge in [0.05, 0.1) is 6.61 Å². The van der Waals surface area contributed by atoms with Crippen molar-refractivity contribution in [2.24, 2.45) is 5.73 Å². The number of hydrogen-bond donors (Lipinski definition) is 2. The molecule has 1 unspecified atom stereocenters. The van der Waals surface area contributed by atoms with Gasteiger partial charge < -0.3 is 15.6 Å². The van der Waals surface area contributed by atoms with Crippen LogP contribution in [-0.2, 0) is 4.74 Å². The Morgan fingerprint density at radius 1 is 1.25 bits per heavy atom. The third-order valence-corrected chi connectivity index (χ3v) is 1.58. The molecule has 0 saturated carbocycles. The molecule has 3 nitrogen and oxygen atoms in total. The van der Waals surface area contributed by atoms with Gasteiger partial charge in [0.25, 0.3) is 0 Å². The van der Waals surface area contributed by atoms with Crippen LogP contribution in [0.1, 0.15) is 32.6 Å². The molecule has 0 aromatic carbocycles. The standard InChI is InChI=1S/C9H21NO2/c1-9(10)8-12-7-5-3-2-4-6-11/h9,11H,2-8,10H2,1H3. The molecule has 0 aromatic heterocycles. The SMILES string of the molecule is CC(N)COCCCCCCO. The number of hydrogen-bond acceptors (Lipinski definition) is 3. The summed E-state index contributed by atoms with van der Waals surface area (Å²) in [5.41, 5.74) is 5.50. The first-order chi connectivity index (χ1) is 5.77. The van der Waals surface area contributed by atoms with Gasteiger partial charge in [0, 0.05) is 19.3 Å².